The van der Waals surface area contributed by atoms with Gasteiger partial charge in [-0.25, -0.2) is 0 Å². The molecule has 4 heteroatoms. The molecule has 0 aromatic carbocycles. The quantitative estimate of drug-likeness (QED) is 0.792. The van der Waals surface area contributed by atoms with Crippen LogP contribution in [0.1, 0.15) is 24.1 Å². The minimum absolute atomic E-state index is 0.201. The standard InChI is InChI=1S/C11H19N3O/c1-13(2)7-8-14-11(15)9-5-3-4-6-10(9)12-14/h12H,3-8H2,1-2H3. The smallest absolute Gasteiger partial charge is 0.269 e. The van der Waals surface area contributed by atoms with Crippen molar-refractivity contribution in [2.45, 2.75) is 32.2 Å². The van der Waals surface area contributed by atoms with Crippen molar-refractivity contribution in [3.8, 4) is 0 Å². The highest BCUT2D eigenvalue weighted by Gasteiger charge is 2.16. The van der Waals surface area contributed by atoms with Gasteiger partial charge in [0.2, 0.25) is 0 Å². The van der Waals surface area contributed by atoms with Crippen LogP contribution in [0.15, 0.2) is 4.79 Å². The number of aryl methyl sites for hydroxylation is 1. The number of aromatic amines is 1. The molecule has 1 aromatic heterocycles. The average molecular weight is 209 g/mol. The van der Waals surface area contributed by atoms with Crippen LogP contribution in [-0.2, 0) is 19.4 Å². The summed E-state index contributed by atoms with van der Waals surface area (Å²) in [6.07, 6.45) is 4.37. The molecule has 1 aromatic rings. The topological polar surface area (TPSA) is 41.0 Å². The molecule has 1 heterocycles. The molecule has 0 saturated carbocycles. The zero-order valence-electron chi connectivity index (χ0n) is 9.55. The number of aromatic nitrogens is 2. The third kappa shape index (κ3) is 2.15. The molecule has 0 amide bonds. The van der Waals surface area contributed by atoms with E-state index in [2.05, 4.69) is 10.00 Å². The third-order valence-corrected chi connectivity index (χ3v) is 3.01. The predicted molar refractivity (Wildman–Crippen MR) is 60.2 cm³/mol. The third-order valence-electron chi connectivity index (χ3n) is 3.01. The van der Waals surface area contributed by atoms with Gasteiger partial charge in [0.05, 0.1) is 6.54 Å². The molecule has 0 bridgehead atoms. The van der Waals surface area contributed by atoms with Crippen molar-refractivity contribution in [1.29, 1.82) is 0 Å². The van der Waals surface area contributed by atoms with Crippen molar-refractivity contribution in [3.63, 3.8) is 0 Å². The van der Waals surface area contributed by atoms with E-state index in [4.69, 9.17) is 0 Å². The number of likely N-dealkylation sites (N-methyl/N-ethyl adjacent to an activating group) is 1. The Morgan fingerprint density at radius 2 is 2.07 bits per heavy atom. The molecule has 1 N–H and O–H groups in total. The summed E-state index contributed by atoms with van der Waals surface area (Å²) < 4.78 is 1.76. The van der Waals surface area contributed by atoms with Crippen LogP contribution in [0.25, 0.3) is 0 Å². The largest absolute Gasteiger partial charge is 0.308 e. The van der Waals surface area contributed by atoms with Crippen molar-refractivity contribution < 1.29 is 0 Å². The Morgan fingerprint density at radius 1 is 1.33 bits per heavy atom. The van der Waals surface area contributed by atoms with Crippen LogP contribution in [0.4, 0.5) is 0 Å². The van der Waals surface area contributed by atoms with Crippen LogP contribution < -0.4 is 5.56 Å². The molecule has 0 aliphatic heterocycles. The van der Waals surface area contributed by atoms with E-state index in [9.17, 15) is 4.79 Å². The van der Waals surface area contributed by atoms with Gasteiger partial charge in [-0.3, -0.25) is 14.6 Å². The lowest BCUT2D eigenvalue weighted by Gasteiger charge is -2.09. The molecule has 0 unspecified atom stereocenters. The first-order valence-electron chi connectivity index (χ1n) is 5.64. The van der Waals surface area contributed by atoms with E-state index in [1.165, 1.54) is 12.1 Å². The molecular formula is C11H19N3O. The molecule has 2 rings (SSSR count). The molecule has 15 heavy (non-hydrogen) atoms. The molecule has 0 spiro atoms. The maximum absolute atomic E-state index is 11.9. The number of rotatable bonds is 3. The lowest BCUT2D eigenvalue weighted by atomic mass is 9.98. The van der Waals surface area contributed by atoms with Crippen LogP contribution in [-0.4, -0.2) is 35.3 Å². The Kier molecular flexibility index (Phi) is 2.95. The van der Waals surface area contributed by atoms with E-state index >= 15 is 0 Å². The second-order valence-corrected chi connectivity index (χ2v) is 4.54. The van der Waals surface area contributed by atoms with E-state index in [0.717, 1.165) is 37.9 Å². The van der Waals surface area contributed by atoms with Crippen LogP contribution in [0.3, 0.4) is 0 Å². The summed E-state index contributed by atoms with van der Waals surface area (Å²) in [6, 6.07) is 0. The van der Waals surface area contributed by atoms with Gasteiger partial charge in [-0.15, -0.1) is 0 Å². The lowest BCUT2D eigenvalue weighted by Crippen LogP contribution is -2.26. The molecule has 0 atom stereocenters. The summed E-state index contributed by atoms with van der Waals surface area (Å²) in [6.45, 7) is 1.66. The predicted octanol–water partition coefficient (Wildman–Crippen LogP) is 0.617. The van der Waals surface area contributed by atoms with Crippen LogP contribution in [0.2, 0.25) is 0 Å². The number of H-pyrrole nitrogens is 1. The number of hydrogen-bond donors (Lipinski definition) is 1. The summed E-state index contributed by atoms with van der Waals surface area (Å²) in [5.74, 6) is 0. The van der Waals surface area contributed by atoms with Crippen molar-refractivity contribution in [1.82, 2.24) is 14.7 Å². The highest BCUT2D eigenvalue weighted by Crippen LogP contribution is 2.15. The zero-order chi connectivity index (χ0) is 10.8. The van der Waals surface area contributed by atoms with Gasteiger partial charge in [0.25, 0.3) is 5.56 Å². The van der Waals surface area contributed by atoms with Gasteiger partial charge in [0.1, 0.15) is 0 Å². The van der Waals surface area contributed by atoms with Gasteiger partial charge >= 0.3 is 0 Å². The minimum Gasteiger partial charge on any atom is -0.308 e. The molecule has 0 radical (unpaired) electrons. The number of fused-ring (bicyclic) bond motifs is 1. The van der Waals surface area contributed by atoms with Crippen molar-refractivity contribution >= 4 is 0 Å². The molecule has 84 valence electrons. The Bertz CT molecular complexity index is 389. The lowest BCUT2D eigenvalue weighted by molar-refractivity contribution is 0.369. The maximum atomic E-state index is 11.9. The van der Waals surface area contributed by atoms with Crippen LogP contribution in [0.5, 0.6) is 0 Å². The fourth-order valence-corrected chi connectivity index (χ4v) is 2.10. The van der Waals surface area contributed by atoms with Gasteiger partial charge in [-0.05, 0) is 39.8 Å². The van der Waals surface area contributed by atoms with Gasteiger partial charge in [-0.1, -0.05) is 0 Å². The highest BCUT2D eigenvalue weighted by atomic mass is 16.1. The van der Waals surface area contributed by atoms with Crippen molar-refractivity contribution in [3.05, 3.63) is 21.6 Å². The Labute approximate surface area is 89.9 Å². The Balaban J connectivity index is 2.18. The number of nitrogens with zero attached hydrogens (tertiary/aromatic N) is 2. The number of nitrogens with one attached hydrogen (secondary N) is 1. The maximum Gasteiger partial charge on any atom is 0.269 e. The van der Waals surface area contributed by atoms with Crippen LogP contribution in [0, 0.1) is 0 Å². The average Bonchev–Trinajstić information content (AvgIpc) is 2.54. The molecule has 1 aliphatic carbocycles. The van der Waals surface area contributed by atoms with E-state index in [1.807, 2.05) is 14.1 Å². The summed E-state index contributed by atoms with van der Waals surface area (Å²) in [5.41, 5.74) is 2.40. The zero-order valence-corrected chi connectivity index (χ0v) is 9.55. The summed E-state index contributed by atoms with van der Waals surface area (Å²) >= 11 is 0. The Morgan fingerprint density at radius 3 is 2.73 bits per heavy atom. The molecule has 0 saturated heterocycles. The molecular weight excluding hydrogens is 190 g/mol. The molecule has 1 aliphatic rings. The van der Waals surface area contributed by atoms with Crippen molar-refractivity contribution in [2.75, 3.05) is 20.6 Å². The number of hydrogen-bond acceptors (Lipinski definition) is 2. The minimum atomic E-state index is 0.201. The second kappa shape index (κ2) is 4.23. The van der Waals surface area contributed by atoms with E-state index < -0.39 is 0 Å². The second-order valence-electron chi connectivity index (χ2n) is 4.54. The van der Waals surface area contributed by atoms with Gasteiger partial charge < -0.3 is 4.90 Å². The van der Waals surface area contributed by atoms with E-state index in [0.29, 0.717) is 0 Å². The summed E-state index contributed by atoms with van der Waals surface area (Å²) in [4.78, 5) is 14.0. The summed E-state index contributed by atoms with van der Waals surface area (Å²) in [7, 11) is 4.04. The fraction of sp³-hybridized carbons (Fsp3) is 0.727. The first kappa shape index (κ1) is 10.5. The summed E-state index contributed by atoms with van der Waals surface area (Å²) in [5, 5.41) is 3.23. The monoisotopic (exact) mass is 209 g/mol. The first-order chi connectivity index (χ1) is 7.18. The van der Waals surface area contributed by atoms with Gasteiger partial charge in [-0.2, -0.15) is 0 Å². The van der Waals surface area contributed by atoms with Crippen LogP contribution >= 0.6 is 0 Å². The fourth-order valence-electron chi connectivity index (χ4n) is 2.10. The van der Waals surface area contributed by atoms with E-state index in [1.54, 1.807) is 4.68 Å². The normalized spacial score (nSPS) is 15.7. The Hall–Kier alpha value is -1.03. The van der Waals surface area contributed by atoms with Gasteiger partial charge in [0, 0.05) is 17.8 Å². The van der Waals surface area contributed by atoms with E-state index in [-0.39, 0.29) is 5.56 Å². The van der Waals surface area contributed by atoms with Gasteiger partial charge in [0.15, 0.2) is 0 Å². The molecule has 0 fully saturated rings. The van der Waals surface area contributed by atoms with Crippen molar-refractivity contribution in [2.24, 2.45) is 0 Å². The highest BCUT2D eigenvalue weighted by molar-refractivity contribution is 5.20. The molecule has 4 nitrogen and oxygen atoms in total. The SMILES string of the molecule is CN(C)CCn1[nH]c2c(c1=O)CCCC2. The first-order valence-corrected chi connectivity index (χ1v) is 5.64.